The van der Waals surface area contributed by atoms with Crippen molar-refractivity contribution in [3.8, 4) is 0 Å². The second kappa shape index (κ2) is 11.5. The Morgan fingerprint density at radius 2 is 1.13 bits per heavy atom. The number of hydrogen-bond acceptors (Lipinski definition) is 2. The van der Waals surface area contributed by atoms with Gasteiger partial charge >= 0.3 is 7.12 Å². The molecule has 4 aromatic rings. The molecule has 0 radical (unpaired) electrons. The molecule has 0 aliphatic carbocycles. The molecule has 0 fully saturated rings. The molecule has 0 heterocycles. The molecule has 2 nitrogen and oxygen atoms in total. The molecule has 0 atom stereocenters. The van der Waals surface area contributed by atoms with Crippen LogP contribution in [0.5, 0.6) is 0 Å². The molecule has 4 rings (SSSR count). The maximum absolute atomic E-state index is 9.33. The van der Waals surface area contributed by atoms with Gasteiger partial charge in [0.2, 0.25) is 0 Å². The normalized spacial score (nSPS) is 14.8. The quantitative estimate of drug-likeness (QED) is 0.404. The van der Waals surface area contributed by atoms with Crippen LogP contribution < -0.4 is 5.46 Å². The minimum Gasteiger partial charge on any atom is -0.423 e. The van der Waals surface area contributed by atoms with Crippen LogP contribution in [-0.4, -0.2) is 17.2 Å². The lowest BCUT2D eigenvalue weighted by Gasteiger charge is -2.08. The fourth-order valence-corrected chi connectivity index (χ4v) is 3.12. The molecule has 0 unspecified atom stereocenters. The lowest BCUT2D eigenvalue weighted by molar-refractivity contribution is 0.425. The predicted molar refractivity (Wildman–Crippen MR) is 129 cm³/mol. The minimum atomic E-state index is -1.68. The summed E-state index contributed by atoms with van der Waals surface area (Å²) in [6.45, 7) is 0. The second-order valence-electron chi connectivity index (χ2n) is 6.22. The van der Waals surface area contributed by atoms with E-state index in [1.54, 1.807) is 18.2 Å². The van der Waals surface area contributed by atoms with Crippen LogP contribution in [0.2, 0.25) is 0 Å². The topological polar surface area (TPSA) is 40.5 Å². The smallest absolute Gasteiger partial charge is 0.423 e. The number of rotatable bonds is 5. The molecule has 0 bridgehead atoms. The van der Waals surface area contributed by atoms with Gasteiger partial charge in [0, 0.05) is 4.47 Å². The van der Waals surface area contributed by atoms with Crippen molar-refractivity contribution in [2.24, 2.45) is 0 Å². The van der Waals surface area contributed by atoms with Gasteiger partial charge in [-0.25, -0.2) is 0 Å². The maximum Gasteiger partial charge on any atom is 0.488 e. The first-order valence-corrected chi connectivity index (χ1v) is 9.86. The first kappa shape index (κ1) is 12.3. The third-order valence-electron chi connectivity index (χ3n) is 4.13. The van der Waals surface area contributed by atoms with Crippen molar-refractivity contribution < 1.29 is 23.8 Å². The van der Waals surface area contributed by atoms with Gasteiger partial charge in [0.15, 0.2) is 0 Å². The molecule has 0 aliphatic rings. The van der Waals surface area contributed by atoms with Crippen LogP contribution in [0.1, 0.15) is 36.0 Å². The lowest BCUT2D eigenvalue weighted by Crippen LogP contribution is -2.32. The fraction of sp³-hybridized carbons (Fsp3) is 0.0769. The Morgan fingerprint density at radius 1 is 0.667 bits per heavy atom. The fourth-order valence-electron chi connectivity index (χ4n) is 2.70. The van der Waals surface area contributed by atoms with Crippen LogP contribution in [0.25, 0.3) is 0 Å². The first-order chi connectivity index (χ1) is 18.8. The van der Waals surface area contributed by atoms with E-state index < -0.39 is 25.2 Å². The van der Waals surface area contributed by atoms with Crippen molar-refractivity contribution >= 4 is 28.5 Å². The Balaban J connectivity index is 0.000000222. The molecule has 0 saturated heterocycles. The molecule has 4 aromatic carbocycles. The van der Waals surface area contributed by atoms with E-state index in [0.29, 0.717) is 17.5 Å². The zero-order valence-electron chi connectivity index (χ0n) is 25.9. The summed E-state index contributed by atoms with van der Waals surface area (Å²) in [5.41, 5.74) is 2.10. The average Bonchev–Trinajstić information content (AvgIpc) is 2.94. The van der Waals surface area contributed by atoms with Gasteiger partial charge in [-0.2, -0.15) is 0 Å². The van der Waals surface area contributed by atoms with Crippen molar-refractivity contribution in [1.82, 2.24) is 0 Å². The highest BCUT2D eigenvalue weighted by molar-refractivity contribution is 9.10. The number of halogens is 1. The Bertz CT molecular complexity index is 1510. The van der Waals surface area contributed by atoms with E-state index in [4.69, 9.17) is 13.7 Å². The van der Waals surface area contributed by atoms with Crippen molar-refractivity contribution in [2.75, 3.05) is 0 Å². The van der Waals surface area contributed by atoms with Crippen LogP contribution >= 0.6 is 15.9 Å². The highest BCUT2D eigenvalue weighted by Crippen LogP contribution is 2.19. The van der Waals surface area contributed by atoms with Gasteiger partial charge in [0.05, 0.1) is 13.7 Å². The van der Waals surface area contributed by atoms with E-state index >= 15 is 0 Å². The zero-order valence-corrected chi connectivity index (χ0v) is 17.5. The SMILES string of the molecule is [2H]c1c([2H])c([2H])c(Cc2ccccc2B(O)O)c([2H])c1[2H].[2H]c1c([2H])c([2H])c(Cc2ccccc2Br)c([2H])c1[2H]. The second-order valence-corrected chi connectivity index (χ2v) is 7.08. The van der Waals surface area contributed by atoms with E-state index in [1.807, 2.05) is 24.3 Å². The van der Waals surface area contributed by atoms with Gasteiger partial charge in [-0.1, -0.05) is 119 Å². The van der Waals surface area contributed by atoms with Crippen LogP contribution in [0.3, 0.4) is 0 Å². The summed E-state index contributed by atoms with van der Waals surface area (Å²) in [5.74, 6) is 0. The molecule has 0 aliphatic heterocycles. The Hall–Kier alpha value is -2.66. The number of benzene rings is 4. The third kappa shape index (κ3) is 6.70. The van der Waals surface area contributed by atoms with Crippen molar-refractivity contribution in [3.63, 3.8) is 0 Å². The largest absolute Gasteiger partial charge is 0.488 e. The molecule has 0 amide bonds. The minimum absolute atomic E-state index is 0.0312. The summed E-state index contributed by atoms with van der Waals surface area (Å²) >= 11 is 3.40. The number of hydrogen-bond donors (Lipinski definition) is 2. The molecule has 4 heteroatoms. The Morgan fingerprint density at radius 3 is 1.67 bits per heavy atom. The highest BCUT2D eigenvalue weighted by atomic mass is 79.9. The van der Waals surface area contributed by atoms with Crippen LogP contribution in [0.4, 0.5) is 0 Å². The standard InChI is InChI=1S/C13H13BO2.C13H11Br/c15-14(16)13-9-5-4-8-12(13)10-11-6-2-1-3-7-11;14-13-9-5-4-8-12(13)10-11-6-2-1-3-7-11/h1-9,15-16H,10H2;1-9H,10H2/i2*1D,2D,3D,6D,7D. The lowest BCUT2D eigenvalue weighted by atomic mass is 9.76. The van der Waals surface area contributed by atoms with Gasteiger partial charge in [-0.15, -0.1) is 0 Å². The third-order valence-corrected chi connectivity index (χ3v) is 4.90. The average molecular weight is 469 g/mol. The van der Waals surface area contributed by atoms with Gasteiger partial charge < -0.3 is 10.0 Å². The van der Waals surface area contributed by atoms with Crippen molar-refractivity contribution in [1.29, 1.82) is 0 Å². The molecular weight excluding hydrogens is 435 g/mol. The van der Waals surface area contributed by atoms with Gasteiger partial charge in [0.1, 0.15) is 0 Å². The van der Waals surface area contributed by atoms with E-state index in [-0.39, 0.29) is 59.7 Å². The monoisotopic (exact) mass is 468 g/mol. The summed E-state index contributed by atoms with van der Waals surface area (Å²) in [6.07, 6.45) is 0.334. The van der Waals surface area contributed by atoms with Crippen LogP contribution in [0, 0.1) is 0 Å². The Labute approximate surface area is 201 Å². The van der Waals surface area contributed by atoms with E-state index in [1.165, 1.54) is 6.07 Å². The summed E-state index contributed by atoms with van der Waals surface area (Å²) in [7, 11) is -1.68. The van der Waals surface area contributed by atoms with E-state index in [2.05, 4.69) is 15.9 Å². The summed E-state index contributed by atoms with van der Waals surface area (Å²) in [4.78, 5) is 0. The molecule has 0 saturated carbocycles. The zero-order chi connectivity index (χ0) is 29.9. The summed E-state index contributed by atoms with van der Waals surface area (Å²) < 4.78 is 78.0. The van der Waals surface area contributed by atoms with Crippen molar-refractivity contribution in [2.45, 2.75) is 12.8 Å². The Kier molecular flexibility index (Phi) is 4.70. The highest BCUT2D eigenvalue weighted by Gasteiger charge is 2.14. The van der Waals surface area contributed by atoms with Gasteiger partial charge in [-0.3, -0.25) is 0 Å². The van der Waals surface area contributed by atoms with Crippen molar-refractivity contribution in [3.05, 3.63) is 136 Å². The molecular formula is C26H24BBrO2. The molecule has 150 valence electrons. The van der Waals surface area contributed by atoms with Crippen LogP contribution in [0.15, 0.2) is 113 Å². The first-order valence-electron chi connectivity index (χ1n) is 14.1. The summed E-state index contributed by atoms with van der Waals surface area (Å²) in [6, 6.07) is 11.0. The molecule has 2 N–H and O–H groups in total. The van der Waals surface area contributed by atoms with Gasteiger partial charge in [-0.05, 0) is 46.6 Å². The van der Waals surface area contributed by atoms with E-state index in [0.717, 1.165) is 10.0 Å². The molecule has 0 spiro atoms. The molecule has 0 aromatic heterocycles. The van der Waals surface area contributed by atoms with E-state index in [9.17, 15) is 10.0 Å². The predicted octanol–water partition coefficient (Wildman–Crippen LogP) is 5.00. The van der Waals surface area contributed by atoms with Crippen LogP contribution in [-0.2, 0) is 12.8 Å². The molecule has 30 heavy (non-hydrogen) atoms. The summed E-state index contributed by atoms with van der Waals surface area (Å²) in [5, 5.41) is 18.7. The maximum atomic E-state index is 9.33. The van der Waals surface area contributed by atoms with Gasteiger partial charge in [0.25, 0.3) is 0 Å².